The average Bonchev–Trinajstić information content (AvgIpc) is 3.26. The van der Waals surface area contributed by atoms with Crippen molar-refractivity contribution in [2.45, 2.75) is 13.0 Å². The number of methoxy groups -OCH3 is 1. The molecule has 0 aliphatic carbocycles. The number of nitrogens with one attached hydrogen (secondary N) is 2. The molecule has 150 valence electrons. The normalized spacial score (nSPS) is 10.2. The summed E-state index contributed by atoms with van der Waals surface area (Å²) in [7, 11) is 1.55. The van der Waals surface area contributed by atoms with Crippen molar-refractivity contribution in [2.24, 2.45) is 0 Å². The Morgan fingerprint density at radius 2 is 1.69 bits per heavy atom. The zero-order valence-electron chi connectivity index (χ0n) is 16.0. The molecular weight excluding hydrogens is 388 g/mol. The molecular formula is C22H22N2O4S. The number of carbonyl (C=O) groups is 2. The fourth-order valence-electron chi connectivity index (χ4n) is 2.63. The van der Waals surface area contributed by atoms with Gasteiger partial charge in [0.2, 0.25) is 5.91 Å². The van der Waals surface area contributed by atoms with E-state index in [-0.39, 0.29) is 24.8 Å². The number of thiophene rings is 1. The lowest BCUT2D eigenvalue weighted by Gasteiger charge is -2.11. The van der Waals surface area contributed by atoms with Gasteiger partial charge in [0.1, 0.15) is 0 Å². The molecule has 0 atom stereocenters. The lowest BCUT2D eigenvalue weighted by atomic mass is 10.1. The van der Waals surface area contributed by atoms with Crippen molar-refractivity contribution in [3.63, 3.8) is 0 Å². The Labute approximate surface area is 173 Å². The lowest BCUT2D eigenvalue weighted by molar-refractivity contribution is -0.120. The van der Waals surface area contributed by atoms with Crippen molar-refractivity contribution in [2.75, 3.05) is 19.0 Å². The van der Waals surface area contributed by atoms with E-state index in [1.807, 2.05) is 41.8 Å². The molecule has 0 saturated carbocycles. The summed E-state index contributed by atoms with van der Waals surface area (Å²) in [6, 6.07) is 18.3. The Kier molecular flexibility index (Phi) is 7.24. The van der Waals surface area contributed by atoms with Gasteiger partial charge in [-0.3, -0.25) is 9.59 Å². The Morgan fingerprint density at radius 1 is 0.931 bits per heavy atom. The van der Waals surface area contributed by atoms with Crippen LogP contribution < -0.4 is 20.1 Å². The van der Waals surface area contributed by atoms with Gasteiger partial charge in [0, 0.05) is 10.6 Å². The highest BCUT2D eigenvalue weighted by atomic mass is 32.1. The Balaban J connectivity index is 1.44. The van der Waals surface area contributed by atoms with Crippen molar-refractivity contribution in [1.29, 1.82) is 0 Å². The number of para-hydroxylation sites is 2. The van der Waals surface area contributed by atoms with E-state index in [1.165, 1.54) is 0 Å². The molecule has 1 aromatic heterocycles. The first-order valence-electron chi connectivity index (χ1n) is 9.08. The lowest BCUT2D eigenvalue weighted by Crippen LogP contribution is -2.24. The number of hydrogen-bond donors (Lipinski definition) is 2. The molecule has 0 spiro atoms. The molecule has 3 aromatic rings. The highest BCUT2D eigenvalue weighted by Gasteiger charge is 2.08. The third kappa shape index (κ3) is 6.36. The first-order chi connectivity index (χ1) is 14.1. The molecule has 1 heterocycles. The second kappa shape index (κ2) is 10.3. The van der Waals surface area contributed by atoms with Crippen LogP contribution in [0.5, 0.6) is 11.5 Å². The zero-order valence-corrected chi connectivity index (χ0v) is 16.8. The third-order valence-corrected chi connectivity index (χ3v) is 4.95. The highest BCUT2D eigenvalue weighted by molar-refractivity contribution is 7.09. The van der Waals surface area contributed by atoms with Gasteiger partial charge in [-0.2, -0.15) is 0 Å². The van der Waals surface area contributed by atoms with Crippen LogP contribution in [0.1, 0.15) is 10.4 Å². The maximum Gasteiger partial charge on any atom is 0.262 e. The summed E-state index contributed by atoms with van der Waals surface area (Å²) in [5.41, 5.74) is 1.51. The minimum atomic E-state index is -0.280. The Hall–Kier alpha value is -3.32. The van der Waals surface area contributed by atoms with Gasteiger partial charge in [-0.15, -0.1) is 11.3 Å². The van der Waals surface area contributed by atoms with E-state index < -0.39 is 0 Å². The number of rotatable bonds is 9. The van der Waals surface area contributed by atoms with Crippen LogP contribution in [0, 0.1) is 0 Å². The van der Waals surface area contributed by atoms with Crippen LogP contribution in [-0.2, 0) is 22.6 Å². The van der Waals surface area contributed by atoms with Crippen LogP contribution in [0.25, 0.3) is 0 Å². The molecule has 2 amide bonds. The third-order valence-electron chi connectivity index (χ3n) is 4.07. The van der Waals surface area contributed by atoms with Crippen molar-refractivity contribution < 1.29 is 19.1 Å². The maximum atomic E-state index is 12.1. The number of hydrogen-bond acceptors (Lipinski definition) is 5. The van der Waals surface area contributed by atoms with Crippen LogP contribution in [0.2, 0.25) is 0 Å². The smallest absolute Gasteiger partial charge is 0.262 e. The van der Waals surface area contributed by atoms with Gasteiger partial charge in [0.15, 0.2) is 18.1 Å². The standard InChI is InChI=1S/C22H22N2O4S/c1-27-19-6-2-3-7-20(19)28-15-22(26)24-17-10-8-16(9-11-17)13-21(25)23-14-18-5-4-12-29-18/h2-12H,13-15H2,1H3,(H,23,25)(H,24,26). The summed E-state index contributed by atoms with van der Waals surface area (Å²) in [5, 5.41) is 7.65. The van der Waals surface area contributed by atoms with Crippen molar-refractivity contribution in [3.8, 4) is 11.5 Å². The summed E-state index contributed by atoms with van der Waals surface area (Å²) >= 11 is 1.61. The van der Waals surface area contributed by atoms with Crippen LogP contribution in [-0.4, -0.2) is 25.5 Å². The van der Waals surface area contributed by atoms with Crippen molar-refractivity contribution in [1.82, 2.24) is 5.32 Å². The fraction of sp³-hybridized carbons (Fsp3) is 0.182. The summed E-state index contributed by atoms with van der Waals surface area (Å²) in [6.07, 6.45) is 0.288. The van der Waals surface area contributed by atoms with Crippen LogP contribution in [0.15, 0.2) is 66.0 Å². The second-order valence-electron chi connectivity index (χ2n) is 6.22. The van der Waals surface area contributed by atoms with Gasteiger partial charge in [0.25, 0.3) is 5.91 Å². The van der Waals surface area contributed by atoms with E-state index in [0.29, 0.717) is 23.7 Å². The Bertz CT molecular complexity index is 940. The van der Waals surface area contributed by atoms with E-state index in [0.717, 1.165) is 10.4 Å². The van der Waals surface area contributed by atoms with E-state index in [2.05, 4.69) is 10.6 Å². The molecule has 0 saturated heterocycles. The molecule has 0 bridgehead atoms. The average molecular weight is 410 g/mol. The van der Waals surface area contributed by atoms with Crippen molar-refractivity contribution >= 4 is 28.8 Å². The molecule has 0 radical (unpaired) electrons. The highest BCUT2D eigenvalue weighted by Crippen LogP contribution is 2.25. The van der Waals surface area contributed by atoms with Gasteiger partial charge < -0.3 is 20.1 Å². The molecule has 29 heavy (non-hydrogen) atoms. The molecule has 0 aliphatic rings. The number of ether oxygens (including phenoxy) is 2. The monoisotopic (exact) mass is 410 g/mol. The molecule has 7 heteroatoms. The summed E-state index contributed by atoms with van der Waals surface area (Å²) in [6.45, 7) is 0.407. The van der Waals surface area contributed by atoms with Crippen LogP contribution >= 0.6 is 11.3 Å². The summed E-state index contributed by atoms with van der Waals surface area (Å²) in [5.74, 6) is 0.758. The fourth-order valence-corrected chi connectivity index (χ4v) is 3.28. The van der Waals surface area contributed by atoms with Crippen molar-refractivity contribution in [3.05, 3.63) is 76.5 Å². The SMILES string of the molecule is COc1ccccc1OCC(=O)Nc1ccc(CC(=O)NCc2cccs2)cc1. The van der Waals surface area contributed by atoms with Gasteiger partial charge in [0.05, 0.1) is 20.1 Å². The van der Waals surface area contributed by atoms with Crippen LogP contribution in [0.4, 0.5) is 5.69 Å². The number of benzene rings is 2. The van der Waals surface area contributed by atoms with E-state index in [9.17, 15) is 9.59 Å². The molecule has 0 unspecified atom stereocenters. The molecule has 0 aliphatic heterocycles. The largest absolute Gasteiger partial charge is 0.493 e. The van der Waals surface area contributed by atoms with Gasteiger partial charge in [-0.25, -0.2) is 0 Å². The number of carbonyl (C=O) groups excluding carboxylic acids is 2. The van der Waals surface area contributed by atoms with Crippen LogP contribution in [0.3, 0.4) is 0 Å². The predicted molar refractivity (Wildman–Crippen MR) is 113 cm³/mol. The molecule has 2 aromatic carbocycles. The van der Waals surface area contributed by atoms with E-state index in [4.69, 9.17) is 9.47 Å². The van der Waals surface area contributed by atoms with Gasteiger partial charge >= 0.3 is 0 Å². The zero-order chi connectivity index (χ0) is 20.5. The molecule has 3 rings (SSSR count). The number of anilines is 1. The minimum absolute atomic E-state index is 0.0413. The first-order valence-corrected chi connectivity index (χ1v) is 9.95. The maximum absolute atomic E-state index is 12.1. The summed E-state index contributed by atoms with van der Waals surface area (Å²) in [4.78, 5) is 25.3. The minimum Gasteiger partial charge on any atom is -0.493 e. The topological polar surface area (TPSA) is 76.7 Å². The predicted octanol–water partition coefficient (Wildman–Crippen LogP) is 3.63. The van der Waals surface area contributed by atoms with Gasteiger partial charge in [-0.1, -0.05) is 30.3 Å². The summed E-state index contributed by atoms with van der Waals surface area (Å²) < 4.78 is 10.7. The Morgan fingerprint density at radius 3 is 2.38 bits per heavy atom. The molecule has 2 N–H and O–H groups in total. The van der Waals surface area contributed by atoms with Gasteiger partial charge in [-0.05, 0) is 41.3 Å². The first kappa shape index (κ1) is 20.4. The van der Waals surface area contributed by atoms with E-state index in [1.54, 1.807) is 42.7 Å². The second-order valence-corrected chi connectivity index (χ2v) is 7.25. The quantitative estimate of drug-likeness (QED) is 0.565. The number of amides is 2. The van der Waals surface area contributed by atoms with E-state index >= 15 is 0 Å². The molecule has 6 nitrogen and oxygen atoms in total. The molecule has 0 fully saturated rings.